The molecule has 0 radical (unpaired) electrons. The molecule has 2 aromatic carbocycles. The molecule has 0 unspecified atom stereocenters. The molecule has 1 amide bonds. The van der Waals surface area contributed by atoms with E-state index < -0.39 is 0 Å². The molecular formula is C17H16N2O4. The van der Waals surface area contributed by atoms with E-state index in [1.54, 1.807) is 42.5 Å². The number of phenols is 1. The molecule has 0 spiro atoms. The average molecular weight is 312 g/mol. The summed E-state index contributed by atoms with van der Waals surface area (Å²) in [5.41, 5.74) is 4.12. The number of nitrogens with zero attached hydrogens (tertiary/aromatic N) is 1. The SMILES string of the molecule is CCC(=NNC(=O)c1ccc2c(c1)OCO2)c1ccccc1O. The number of carbonyl (C=O) groups excluding carboxylic acids is 1. The van der Waals surface area contributed by atoms with Crippen LogP contribution in [0.25, 0.3) is 0 Å². The van der Waals surface area contributed by atoms with Gasteiger partial charge in [-0.1, -0.05) is 19.1 Å². The van der Waals surface area contributed by atoms with Crippen LogP contribution in [0.2, 0.25) is 0 Å². The Balaban J connectivity index is 1.78. The number of carbonyl (C=O) groups is 1. The smallest absolute Gasteiger partial charge is 0.271 e. The molecular weight excluding hydrogens is 296 g/mol. The first kappa shape index (κ1) is 14.9. The number of hydrogen-bond donors (Lipinski definition) is 2. The van der Waals surface area contributed by atoms with Crippen molar-refractivity contribution in [2.24, 2.45) is 5.10 Å². The summed E-state index contributed by atoms with van der Waals surface area (Å²) in [5.74, 6) is 0.932. The molecule has 0 saturated heterocycles. The number of para-hydroxylation sites is 1. The van der Waals surface area contributed by atoms with Gasteiger partial charge < -0.3 is 14.6 Å². The largest absolute Gasteiger partial charge is 0.507 e. The van der Waals surface area contributed by atoms with E-state index in [1.165, 1.54) is 0 Å². The van der Waals surface area contributed by atoms with Gasteiger partial charge in [-0.05, 0) is 36.8 Å². The fourth-order valence-corrected chi connectivity index (χ4v) is 2.27. The van der Waals surface area contributed by atoms with Gasteiger partial charge in [-0.2, -0.15) is 5.10 Å². The fourth-order valence-electron chi connectivity index (χ4n) is 2.27. The number of amides is 1. The molecule has 1 aliphatic heterocycles. The fraction of sp³-hybridized carbons (Fsp3) is 0.176. The van der Waals surface area contributed by atoms with Crippen LogP contribution in [-0.2, 0) is 0 Å². The maximum atomic E-state index is 12.2. The zero-order chi connectivity index (χ0) is 16.2. The highest BCUT2D eigenvalue weighted by atomic mass is 16.7. The minimum atomic E-state index is -0.357. The van der Waals surface area contributed by atoms with Gasteiger partial charge >= 0.3 is 0 Å². The monoisotopic (exact) mass is 312 g/mol. The van der Waals surface area contributed by atoms with E-state index in [1.807, 2.05) is 6.92 Å². The first-order chi connectivity index (χ1) is 11.2. The molecule has 2 N–H and O–H groups in total. The predicted octanol–water partition coefficient (Wildman–Crippen LogP) is 2.67. The van der Waals surface area contributed by atoms with Crippen molar-refractivity contribution >= 4 is 11.6 Å². The van der Waals surface area contributed by atoms with E-state index in [-0.39, 0.29) is 18.4 Å². The summed E-state index contributed by atoms with van der Waals surface area (Å²) >= 11 is 0. The van der Waals surface area contributed by atoms with E-state index >= 15 is 0 Å². The Morgan fingerprint density at radius 1 is 1.22 bits per heavy atom. The maximum Gasteiger partial charge on any atom is 0.271 e. The van der Waals surface area contributed by atoms with E-state index in [0.717, 1.165) is 0 Å². The molecule has 6 nitrogen and oxygen atoms in total. The Morgan fingerprint density at radius 3 is 2.78 bits per heavy atom. The predicted molar refractivity (Wildman–Crippen MR) is 85.0 cm³/mol. The summed E-state index contributed by atoms with van der Waals surface area (Å²) in [4.78, 5) is 12.2. The Hall–Kier alpha value is -3.02. The number of ether oxygens (including phenoxy) is 2. The second kappa shape index (κ2) is 6.39. The minimum Gasteiger partial charge on any atom is -0.507 e. The third kappa shape index (κ3) is 3.11. The summed E-state index contributed by atoms with van der Waals surface area (Å²) in [6.07, 6.45) is 0.568. The summed E-state index contributed by atoms with van der Waals surface area (Å²) in [6, 6.07) is 11.8. The summed E-state index contributed by atoms with van der Waals surface area (Å²) in [6.45, 7) is 2.06. The average Bonchev–Trinajstić information content (AvgIpc) is 3.04. The molecule has 3 rings (SSSR count). The third-order valence-electron chi connectivity index (χ3n) is 3.48. The van der Waals surface area contributed by atoms with Crippen LogP contribution < -0.4 is 14.9 Å². The zero-order valence-corrected chi connectivity index (χ0v) is 12.6. The molecule has 0 atom stereocenters. The molecule has 23 heavy (non-hydrogen) atoms. The lowest BCUT2D eigenvalue weighted by atomic mass is 10.1. The number of benzene rings is 2. The molecule has 2 aromatic rings. The summed E-state index contributed by atoms with van der Waals surface area (Å²) < 4.78 is 10.5. The summed E-state index contributed by atoms with van der Waals surface area (Å²) in [5, 5.41) is 14.0. The molecule has 1 heterocycles. The van der Waals surface area contributed by atoms with E-state index in [0.29, 0.717) is 34.8 Å². The van der Waals surface area contributed by atoms with Gasteiger partial charge in [0.05, 0.1) is 5.71 Å². The van der Waals surface area contributed by atoms with Gasteiger partial charge in [-0.3, -0.25) is 4.79 Å². The number of rotatable bonds is 4. The number of fused-ring (bicyclic) bond motifs is 1. The van der Waals surface area contributed by atoms with Crippen molar-refractivity contribution in [1.82, 2.24) is 5.43 Å². The topological polar surface area (TPSA) is 80.2 Å². The second-order valence-electron chi connectivity index (χ2n) is 4.94. The van der Waals surface area contributed by atoms with E-state index in [9.17, 15) is 9.90 Å². The van der Waals surface area contributed by atoms with Crippen LogP contribution in [0, 0.1) is 0 Å². The van der Waals surface area contributed by atoms with Gasteiger partial charge in [-0.25, -0.2) is 5.43 Å². The third-order valence-corrected chi connectivity index (χ3v) is 3.48. The normalized spacial score (nSPS) is 13.0. The highest BCUT2D eigenvalue weighted by Crippen LogP contribution is 2.32. The van der Waals surface area contributed by atoms with Crippen LogP contribution in [0.5, 0.6) is 17.2 Å². The van der Waals surface area contributed by atoms with Crippen LogP contribution in [-0.4, -0.2) is 23.5 Å². The number of hydrogen-bond acceptors (Lipinski definition) is 5. The lowest BCUT2D eigenvalue weighted by Crippen LogP contribution is -2.20. The Morgan fingerprint density at radius 2 is 2.00 bits per heavy atom. The molecule has 6 heteroatoms. The lowest BCUT2D eigenvalue weighted by molar-refractivity contribution is 0.0954. The van der Waals surface area contributed by atoms with Gasteiger partial charge in [0.2, 0.25) is 6.79 Å². The number of nitrogens with one attached hydrogen (secondary N) is 1. The van der Waals surface area contributed by atoms with Crippen molar-refractivity contribution in [2.75, 3.05) is 6.79 Å². The van der Waals surface area contributed by atoms with Crippen LogP contribution in [0.15, 0.2) is 47.6 Å². The molecule has 0 saturated carbocycles. The Labute approximate surface area is 133 Å². The highest BCUT2D eigenvalue weighted by Gasteiger charge is 2.16. The van der Waals surface area contributed by atoms with Gasteiger partial charge in [0.1, 0.15) is 5.75 Å². The molecule has 0 bridgehead atoms. The van der Waals surface area contributed by atoms with E-state index in [4.69, 9.17) is 9.47 Å². The van der Waals surface area contributed by atoms with Crippen LogP contribution in [0.4, 0.5) is 0 Å². The number of phenolic OH excluding ortho intramolecular Hbond substituents is 1. The summed E-state index contributed by atoms with van der Waals surface area (Å²) in [7, 11) is 0. The molecule has 0 fully saturated rings. The number of aromatic hydroxyl groups is 1. The quantitative estimate of drug-likeness (QED) is 0.672. The van der Waals surface area contributed by atoms with E-state index in [2.05, 4.69) is 10.5 Å². The van der Waals surface area contributed by atoms with Crippen LogP contribution >= 0.6 is 0 Å². The minimum absolute atomic E-state index is 0.130. The second-order valence-corrected chi connectivity index (χ2v) is 4.94. The standard InChI is InChI=1S/C17H16N2O4/c1-2-13(12-5-3-4-6-14(12)20)18-19-17(21)11-7-8-15-16(9-11)23-10-22-15/h3-9,20H,2,10H2,1H3,(H,19,21). The van der Waals surface area contributed by atoms with Gasteiger partial charge in [0.15, 0.2) is 11.5 Å². The van der Waals surface area contributed by atoms with Crippen molar-refractivity contribution in [3.05, 3.63) is 53.6 Å². The van der Waals surface area contributed by atoms with Crippen molar-refractivity contribution < 1.29 is 19.4 Å². The zero-order valence-electron chi connectivity index (χ0n) is 12.6. The Kier molecular flexibility index (Phi) is 4.14. The maximum absolute atomic E-state index is 12.2. The molecule has 118 valence electrons. The first-order valence-electron chi connectivity index (χ1n) is 7.24. The van der Waals surface area contributed by atoms with Crippen molar-refractivity contribution in [3.63, 3.8) is 0 Å². The van der Waals surface area contributed by atoms with Crippen molar-refractivity contribution in [1.29, 1.82) is 0 Å². The van der Waals surface area contributed by atoms with Crippen LogP contribution in [0.3, 0.4) is 0 Å². The lowest BCUT2D eigenvalue weighted by Gasteiger charge is -2.07. The van der Waals surface area contributed by atoms with Crippen LogP contribution in [0.1, 0.15) is 29.3 Å². The Bertz CT molecular complexity index is 771. The molecule has 0 aliphatic carbocycles. The van der Waals surface area contributed by atoms with Crippen molar-refractivity contribution in [3.8, 4) is 17.2 Å². The van der Waals surface area contributed by atoms with Gasteiger partial charge in [0, 0.05) is 11.1 Å². The highest BCUT2D eigenvalue weighted by molar-refractivity contribution is 6.04. The molecule has 0 aromatic heterocycles. The van der Waals surface area contributed by atoms with Gasteiger partial charge in [-0.15, -0.1) is 0 Å². The van der Waals surface area contributed by atoms with Crippen molar-refractivity contribution in [2.45, 2.75) is 13.3 Å². The molecule has 1 aliphatic rings. The first-order valence-corrected chi connectivity index (χ1v) is 7.24. The van der Waals surface area contributed by atoms with Gasteiger partial charge in [0.25, 0.3) is 5.91 Å². The number of hydrazone groups is 1.